The van der Waals surface area contributed by atoms with Crippen LogP contribution in [0.3, 0.4) is 0 Å². The molecule has 6 heteroatoms. The Labute approximate surface area is 414 Å². The van der Waals surface area contributed by atoms with E-state index >= 15 is 0 Å². The first-order chi connectivity index (χ1) is 33.0. The fourth-order valence-electron chi connectivity index (χ4n) is 8.05. The van der Waals surface area contributed by atoms with E-state index in [4.69, 9.17) is 4.74 Å². The number of unbranched alkanes of at least 4 members (excludes halogenated alkanes) is 27. The maximum Gasteiger partial charge on any atom is 0.306 e. The summed E-state index contributed by atoms with van der Waals surface area (Å²) in [7, 11) is 0. The molecule has 384 valence electrons. The molecule has 0 aliphatic heterocycles. The van der Waals surface area contributed by atoms with Gasteiger partial charge in [-0.3, -0.25) is 9.59 Å². The number of amides is 1. The minimum atomic E-state index is -0.810. The number of hydrogen-bond acceptors (Lipinski definition) is 5. The van der Waals surface area contributed by atoms with Gasteiger partial charge in [0.2, 0.25) is 5.91 Å². The van der Waals surface area contributed by atoms with Crippen molar-refractivity contribution in [1.29, 1.82) is 0 Å². The first-order valence-corrected chi connectivity index (χ1v) is 28.1. The molecule has 3 N–H and O–H groups in total. The maximum absolute atomic E-state index is 13.3. The maximum atomic E-state index is 13.3. The smallest absolute Gasteiger partial charge is 0.306 e. The molecule has 0 aromatic heterocycles. The van der Waals surface area contributed by atoms with Crippen LogP contribution in [0, 0.1) is 0 Å². The number of hydrogen-bond donors (Lipinski definition) is 3. The standard InChI is InChI=1S/C61H105NO5/c1-4-7-10-13-16-19-22-25-28-30-31-33-36-39-42-45-48-51-54-61(66)67-57(52-49-46-43-40-37-34-32-29-26-23-20-17-14-11-8-5-2)55-60(65)62-58(56-63)59(64)53-50-47-44-41-38-35-27-24-21-18-15-12-9-6-3/h11,14,17,20,22-23,25-26,28-34,37,57-59,63-64H,4-10,12-13,15-16,18-19,21,24,27,35-36,38-56H2,1-3H3,(H,62,65)/b14-11+,20-17+,25-22+,26-23+,30-28+,32-29+,33-31+,37-34+. The molecule has 0 spiro atoms. The highest BCUT2D eigenvalue weighted by molar-refractivity contribution is 5.77. The summed E-state index contributed by atoms with van der Waals surface area (Å²) in [5.41, 5.74) is 0. The van der Waals surface area contributed by atoms with E-state index in [1.165, 1.54) is 109 Å². The number of allylic oxidation sites excluding steroid dienone is 16. The van der Waals surface area contributed by atoms with E-state index in [1.807, 2.05) is 36.5 Å². The van der Waals surface area contributed by atoms with Gasteiger partial charge in [0.05, 0.1) is 25.2 Å². The molecule has 0 fully saturated rings. The van der Waals surface area contributed by atoms with Crippen molar-refractivity contribution in [1.82, 2.24) is 5.32 Å². The molecule has 6 nitrogen and oxygen atoms in total. The van der Waals surface area contributed by atoms with Gasteiger partial charge in [0, 0.05) is 6.42 Å². The third-order valence-corrected chi connectivity index (χ3v) is 12.3. The fourth-order valence-corrected chi connectivity index (χ4v) is 8.05. The zero-order chi connectivity index (χ0) is 48.8. The van der Waals surface area contributed by atoms with Crippen molar-refractivity contribution in [2.24, 2.45) is 0 Å². The van der Waals surface area contributed by atoms with Gasteiger partial charge in [-0.25, -0.2) is 0 Å². The summed E-state index contributed by atoms with van der Waals surface area (Å²) in [4.78, 5) is 26.2. The summed E-state index contributed by atoms with van der Waals surface area (Å²) < 4.78 is 5.93. The molecule has 0 aromatic rings. The second-order valence-electron chi connectivity index (χ2n) is 18.8. The topological polar surface area (TPSA) is 95.9 Å². The number of ether oxygens (including phenoxy) is 1. The summed E-state index contributed by atoms with van der Waals surface area (Å²) in [6, 6.07) is -0.727. The largest absolute Gasteiger partial charge is 0.462 e. The predicted octanol–water partition coefficient (Wildman–Crippen LogP) is 17.3. The molecule has 0 saturated heterocycles. The highest BCUT2D eigenvalue weighted by atomic mass is 16.5. The summed E-state index contributed by atoms with van der Waals surface area (Å²) in [5.74, 6) is -0.542. The second kappa shape index (κ2) is 53.7. The normalized spacial score (nSPS) is 13.9. The monoisotopic (exact) mass is 932 g/mol. The van der Waals surface area contributed by atoms with Gasteiger partial charge in [-0.15, -0.1) is 0 Å². The third kappa shape index (κ3) is 49.0. The van der Waals surface area contributed by atoms with Crippen LogP contribution in [0.2, 0.25) is 0 Å². The van der Waals surface area contributed by atoms with Crippen LogP contribution in [0.1, 0.15) is 252 Å². The Morgan fingerprint density at radius 1 is 0.433 bits per heavy atom. The van der Waals surface area contributed by atoms with Crippen molar-refractivity contribution >= 4 is 11.9 Å². The van der Waals surface area contributed by atoms with Crippen LogP contribution in [0.4, 0.5) is 0 Å². The number of aliphatic hydroxyl groups is 2. The minimum Gasteiger partial charge on any atom is -0.462 e. The number of aliphatic hydroxyl groups excluding tert-OH is 2. The van der Waals surface area contributed by atoms with Crippen molar-refractivity contribution in [3.8, 4) is 0 Å². The average Bonchev–Trinajstić information content (AvgIpc) is 3.32. The SMILES string of the molecule is CCC/C=C/C=C/C=C/C=C/C=C/CCCCCC(CC(=O)NC(CO)C(O)CCCCCCCCCCCCCCCC)OC(=O)CCCCCCC/C=C/C=C/C=C/CCCCCCC. The Hall–Kier alpha value is -3.22. The van der Waals surface area contributed by atoms with E-state index in [0.29, 0.717) is 19.3 Å². The number of nitrogens with one attached hydrogen (secondary N) is 1. The van der Waals surface area contributed by atoms with E-state index < -0.39 is 18.2 Å². The Balaban J connectivity index is 4.72. The van der Waals surface area contributed by atoms with Gasteiger partial charge >= 0.3 is 5.97 Å². The van der Waals surface area contributed by atoms with Crippen LogP contribution in [0.25, 0.3) is 0 Å². The molecule has 0 radical (unpaired) electrons. The number of carbonyl (C=O) groups is 2. The van der Waals surface area contributed by atoms with Gasteiger partial charge in [-0.2, -0.15) is 0 Å². The molecular formula is C61H105NO5. The van der Waals surface area contributed by atoms with Crippen LogP contribution >= 0.6 is 0 Å². The van der Waals surface area contributed by atoms with Gasteiger partial charge < -0.3 is 20.3 Å². The molecule has 0 rings (SSSR count). The number of carbonyl (C=O) groups excluding carboxylic acids is 2. The van der Waals surface area contributed by atoms with Gasteiger partial charge in [-0.05, 0) is 70.6 Å². The Morgan fingerprint density at radius 3 is 1.22 bits per heavy atom. The van der Waals surface area contributed by atoms with E-state index in [1.54, 1.807) is 0 Å². The molecule has 3 atom stereocenters. The molecule has 0 aliphatic rings. The van der Waals surface area contributed by atoms with E-state index in [-0.39, 0.29) is 24.9 Å². The van der Waals surface area contributed by atoms with Crippen LogP contribution in [0.5, 0.6) is 0 Å². The van der Waals surface area contributed by atoms with Gasteiger partial charge in [0.1, 0.15) is 6.10 Å². The first kappa shape index (κ1) is 63.8. The van der Waals surface area contributed by atoms with Crippen LogP contribution in [-0.2, 0) is 14.3 Å². The number of rotatable bonds is 49. The number of esters is 1. The molecule has 3 unspecified atom stereocenters. The van der Waals surface area contributed by atoms with Gasteiger partial charge in [0.15, 0.2) is 0 Å². The zero-order valence-corrected chi connectivity index (χ0v) is 43.8. The summed E-state index contributed by atoms with van der Waals surface area (Å²) >= 11 is 0. The molecular weight excluding hydrogens is 827 g/mol. The predicted molar refractivity (Wildman–Crippen MR) is 291 cm³/mol. The molecule has 1 amide bonds. The Kier molecular flexibility index (Phi) is 51.1. The zero-order valence-electron chi connectivity index (χ0n) is 43.8. The van der Waals surface area contributed by atoms with Crippen LogP contribution in [-0.4, -0.2) is 46.9 Å². The van der Waals surface area contributed by atoms with Gasteiger partial charge in [0.25, 0.3) is 0 Å². The highest BCUT2D eigenvalue weighted by Gasteiger charge is 2.24. The average molecular weight is 933 g/mol. The lowest BCUT2D eigenvalue weighted by Gasteiger charge is -2.24. The van der Waals surface area contributed by atoms with Gasteiger partial charge in [-0.1, -0.05) is 266 Å². The third-order valence-electron chi connectivity index (χ3n) is 12.3. The van der Waals surface area contributed by atoms with Crippen molar-refractivity contribution in [2.75, 3.05) is 6.61 Å². The molecule has 0 saturated carbocycles. The lowest BCUT2D eigenvalue weighted by atomic mass is 10.0. The lowest BCUT2D eigenvalue weighted by Crippen LogP contribution is -2.46. The van der Waals surface area contributed by atoms with Crippen molar-refractivity contribution < 1.29 is 24.5 Å². The molecule has 67 heavy (non-hydrogen) atoms. The fraction of sp³-hybridized carbons (Fsp3) is 0.705. The van der Waals surface area contributed by atoms with Crippen molar-refractivity contribution in [2.45, 2.75) is 270 Å². The molecule has 0 aliphatic carbocycles. The van der Waals surface area contributed by atoms with E-state index in [9.17, 15) is 19.8 Å². The quantitative estimate of drug-likeness (QED) is 0.0321. The van der Waals surface area contributed by atoms with E-state index in [0.717, 1.165) is 96.3 Å². The van der Waals surface area contributed by atoms with Crippen LogP contribution < -0.4 is 5.32 Å². The first-order valence-electron chi connectivity index (χ1n) is 28.1. The highest BCUT2D eigenvalue weighted by Crippen LogP contribution is 2.17. The van der Waals surface area contributed by atoms with E-state index in [2.05, 4.69) is 86.8 Å². The summed E-state index contributed by atoms with van der Waals surface area (Å²) in [6.07, 6.45) is 71.7. The minimum absolute atomic E-state index is 0.0361. The molecule has 0 heterocycles. The van der Waals surface area contributed by atoms with Crippen molar-refractivity contribution in [3.05, 3.63) is 97.2 Å². The molecule has 0 aromatic carbocycles. The Bertz CT molecular complexity index is 1320. The van der Waals surface area contributed by atoms with Crippen LogP contribution in [0.15, 0.2) is 97.2 Å². The Morgan fingerprint density at radius 2 is 0.791 bits per heavy atom. The summed E-state index contributed by atoms with van der Waals surface area (Å²) in [5, 5.41) is 23.8. The summed E-state index contributed by atoms with van der Waals surface area (Å²) in [6.45, 7) is 6.37. The van der Waals surface area contributed by atoms with Crippen molar-refractivity contribution in [3.63, 3.8) is 0 Å². The molecule has 0 bridgehead atoms. The second-order valence-corrected chi connectivity index (χ2v) is 18.8. The lowest BCUT2D eigenvalue weighted by molar-refractivity contribution is -0.151.